The molecule has 0 amide bonds. The van der Waals surface area contributed by atoms with E-state index in [4.69, 9.17) is 4.42 Å². The molecule has 0 atom stereocenters. The number of rotatable bonds is 3. The fourth-order valence-corrected chi connectivity index (χ4v) is 3.10. The van der Waals surface area contributed by atoms with E-state index >= 15 is 0 Å². The summed E-state index contributed by atoms with van der Waals surface area (Å²) in [5.74, 6) is 0.0323. The normalized spacial score (nSPS) is 14.7. The van der Waals surface area contributed by atoms with Crippen LogP contribution in [0.4, 0.5) is 5.69 Å². The van der Waals surface area contributed by atoms with Crippen LogP contribution in [-0.2, 0) is 17.8 Å². The number of ketones is 1. The Kier molecular flexibility index (Phi) is 3.73. The molecule has 1 aromatic heterocycles. The number of fused-ring (bicyclic) bond motifs is 3. The minimum Gasteiger partial charge on any atom is -0.422 e. The molecule has 120 valence electrons. The van der Waals surface area contributed by atoms with E-state index < -0.39 is 10.5 Å². The smallest absolute Gasteiger partial charge is 0.341 e. The highest BCUT2D eigenvalue weighted by Gasteiger charge is 2.25. The zero-order valence-corrected chi connectivity index (χ0v) is 12.9. The number of carbonyl (C=O) groups is 1. The summed E-state index contributed by atoms with van der Waals surface area (Å²) in [5.41, 5.74) is 1.69. The quantitative estimate of drug-likeness (QED) is 0.488. The molecule has 0 aliphatic carbocycles. The maximum Gasteiger partial charge on any atom is 0.341 e. The van der Waals surface area contributed by atoms with Crippen LogP contribution in [0.5, 0.6) is 0 Å². The molecule has 3 rings (SSSR count). The van der Waals surface area contributed by atoms with Gasteiger partial charge in [-0.1, -0.05) is 0 Å². The van der Waals surface area contributed by atoms with Gasteiger partial charge in [-0.15, -0.1) is 0 Å². The number of nitrogens with zero attached hydrogens (tertiary/aromatic N) is 2. The Hall–Kier alpha value is -2.54. The fourth-order valence-electron chi connectivity index (χ4n) is 3.10. The SMILES string of the molecule is CC(=O)CN1CCc2c(c(=O)oc3cc(C)c([N+](=O)[O-])cc23)C1. The van der Waals surface area contributed by atoms with E-state index in [1.807, 2.05) is 4.90 Å². The van der Waals surface area contributed by atoms with Crippen molar-refractivity contribution < 1.29 is 14.1 Å². The number of Topliss-reactive ketones (excluding diaryl/α,β-unsaturated/α-hetero) is 1. The van der Waals surface area contributed by atoms with Crippen LogP contribution in [-0.4, -0.2) is 28.7 Å². The summed E-state index contributed by atoms with van der Waals surface area (Å²) < 4.78 is 5.34. The number of hydrogen-bond donors (Lipinski definition) is 0. The Morgan fingerprint density at radius 1 is 1.39 bits per heavy atom. The van der Waals surface area contributed by atoms with Crippen LogP contribution in [0.25, 0.3) is 11.0 Å². The van der Waals surface area contributed by atoms with Crippen LogP contribution in [0.3, 0.4) is 0 Å². The molecule has 0 saturated heterocycles. The Bertz CT molecular complexity index is 884. The van der Waals surface area contributed by atoms with Crippen molar-refractivity contribution >= 4 is 22.4 Å². The lowest BCUT2D eigenvalue weighted by atomic mass is 9.96. The summed E-state index contributed by atoms with van der Waals surface area (Å²) in [5, 5.41) is 11.8. The highest BCUT2D eigenvalue weighted by molar-refractivity contribution is 5.85. The van der Waals surface area contributed by atoms with Crippen molar-refractivity contribution in [3.8, 4) is 0 Å². The third-order valence-corrected chi connectivity index (χ3v) is 4.14. The van der Waals surface area contributed by atoms with Gasteiger partial charge in [0.1, 0.15) is 11.4 Å². The van der Waals surface area contributed by atoms with E-state index in [2.05, 4.69) is 0 Å². The van der Waals surface area contributed by atoms with Crippen LogP contribution in [0.1, 0.15) is 23.6 Å². The van der Waals surface area contributed by atoms with Crippen LogP contribution in [0.2, 0.25) is 0 Å². The molecule has 0 radical (unpaired) electrons. The minimum atomic E-state index is -0.436. The fraction of sp³-hybridized carbons (Fsp3) is 0.375. The second-order valence-electron chi connectivity index (χ2n) is 5.90. The van der Waals surface area contributed by atoms with Gasteiger partial charge in [0.15, 0.2) is 0 Å². The molecule has 0 unspecified atom stereocenters. The molecule has 0 bridgehead atoms. The van der Waals surface area contributed by atoms with Crippen molar-refractivity contribution in [3.05, 3.63) is 49.4 Å². The molecule has 2 heterocycles. The number of nitro benzene ring substituents is 1. The molecule has 1 aliphatic rings. The van der Waals surface area contributed by atoms with Crippen molar-refractivity contribution in [3.63, 3.8) is 0 Å². The summed E-state index contributed by atoms with van der Waals surface area (Å²) in [6.45, 7) is 4.36. The van der Waals surface area contributed by atoms with Crippen LogP contribution in [0.15, 0.2) is 21.3 Å². The monoisotopic (exact) mass is 316 g/mol. The van der Waals surface area contributed by atoms with Gasteiger partial charge in [-0.25, -0.2) is 4.79 Å². The highest BCUT2D eigenvalue weighted by Crippen LogP contribution is 2.30. The van der Waals surface area contributed by atoms with E-state index in [0.717, 1.165) is 5.56 Å². The van der Waals surface area contributed by atoms with Crippen molar-refractivity contribution in [2.24, 2.45) is 0 Å². The van der Waals surface area contributed by atoms with Gasteiger partial charge in [-0.2, -0.15) is 0 Å². The first-order valence-electron chi connectivity index (χ1n) is 7.32. The average Bonchev–Trinajstić information content (AvgIpc) is 2.46. The second-order valence-corrected chi connectivity index (χ2v) is 5.90. The Morgan fingerprint density at radius 3 is 2.78 bits per heavy atom. The summed E-state index contributed by atoms with van der Waals surface area (Å²) in [4.78, 5) is 36.1. The van der Waals surface area contributed by atoms with Crippen LogP contribution < -0.4 is 5.63 Å². The van der Waals surface area contributed by atoms with E-state index in [0.29, 0.717) is 41.6 Å². The Balaban J connectivity index is 2.16. The molecular formula is C16H16N2O5. The Labute approximate surface area is 131 Å². The molecule has 2 aromatic rings. The van der Waals surface area contributed by atoms with Crippen molar-refractivity contribution in [1.29, 1.82) is 0 Å². The molecule has 1 aromatic carbocycles. The standard InChI is InChI=1S/C16H16N2O5/c1-9-5-15-12(6-14(9)18(21)22)11-3-4-17(7-10(2)19)8-13(11)16(20)23-15/h5-6H,3-4,7-8H2,1-2H3. The molecule has 0 N–H and O–H groups in total. The first-order chi connectivity index (χ1) is 10.9. The number of hydrogen-bond acceptors (Lipinski definition) is 6. The Morgan fingerprint density at radius 2 is 2.13 bits per heavy atom. The third kappa shape index (κ3) is 2.75. The first kappa shape index (κ1) is 15.4. The number of carbonyl (C=O) groups excluding carboxylic acids is 1. The maximum absolute atomic E-state index is 12.2. The van der Waals surface area contributed by atoms with E-state index in [1.165, 1.54) is 19.1 Å². The molecule has 0 saturated carbocycles. The number of benzene rings is 1. The zero-order chi connectivity index (χ0) is 16.7. The molecule has 1 aliphatic heterocycles. The number of aryl methyl sites for hydroxylation is 1. The molecule has 0 fully saturated rings. The van der Waals surface area contributed by atoms with Crippen LogP contribution in [0, 0.1) is 17.0 Å². The summed E-state index contributed by atoms with van der Waals surface area (Å²) >= 11 is 0. The van der Waals surface area contributed by atoms with E-state index in [9.17, 15) is 19.7 Å². The summed E-state index contributed by atoms with van der Waals surface area (Å²) in [6, 6.07) is 3.02. The minimum absolute atomic E-state index is 0.0136. The van der Waals surface area contributed by atoms with Gasteiger partial charge in [0.25, 0.3) is 5.69 Å². The highest BCUT2D eigenvalue weighted by atomic mass is 16.6. The van der Waals surface area contributed by atoms with Gasteiger partial charge in [-0.05, 0) is 31.9 Å². The number of nitro groups is 1. The summed E-state index contributed by atoms with van der Waals surface area (Å²) in [7, 11) is 0. The van der Waals surface area contributed by atoms with Gasteiger partial charge in [0, 0.05) is 30.1 Å². The molecule has 7 nitrogen and oxygen atoms in total. The van der Waals surface area contributed by atoms with Crippen molar-refractivity contribution in [2.75, 3.05) is 13.1 Å². The lowest BCUT2D eigenvalue weighted by molar-refractivity contribution is -0.385. The predicted octanol–water partition coefficient (Wildman–Crippen LogP) is 1.96. The topological polar surface area (TPSA) is 93.7 Å². The van der Waals surface area contributed by atoms with Crippen molar-refractivity contribution in [1.82, 2.24) is 4.90 Å². The van der Waals surface area contributed by atoms with Crippen molar-refractivity contribution in [2.45, 2.75) is 26.8 Å². The van der Waals surface area contributed by atoms with Gasteiger partial charge in [-0.3, -0.25) is 19.8 Å². The lowest BCUT2D eigenvalue weighted by Crippen LogP contribution is -2.36. The molecule has 0 spiro atoms. The van der Waals surface area contributed by atoms with Gasteiger partial charge in [0.05, 0.1) is 17.0 Å². The van der Waals surface area contributed by atoms with E-state index in [1.54, 1.807) is 6.92 Å². The average molecular weight is 316 g/mol. The third-order valence-electron chi connectivity index (χ3n) is 4.14. The summed E-state index contributed by atoms with van der Waals surface area (Å²) in [6.07, 6.45) is 0.560. The first-order valence-corrected chi connectivity index (χ1v) is 7.32. The molecule has 7 heteroatoms. The predicted molar refractivity (Wildman–Crippen MR) is 83.5 cm³/mol. The molecule has 23 heavy (non-hydrogen) atoms. The molecular weight excluding hydrogens is 300 g/mol. The van der Waals surface area contributed by atoms with E-state index in [-0.39, 0.29) is 18.0 Å². The zero-order valence-electron chi connectivity index (χ0n) is 12.9. The van der Waals surface area contributed by atoms with Gasteiger partial charge in [0.2, 0.25) is 0 Å². The second kappa shape index (κ2) is 5.58. The lowest BCUT2D eigenvalue weighted by Gasteiger charge is -2.27. The van der Waals surface area contributed by atoms with Gasteiger partial charge >= 0.3 is 5.63 Å². The largest absolute Gasteiger partial charge is 0.422 e. The maximum atomic E-state index is 12.2. The van der Waals surface area contributed by atoms with Crippen LogP contribution >= 0.6 is 0 Å². The van der Waals surface area contributed by atoms with Gasteiger partial charge < -0.3 is 4.42 Å².